The Morgan fingerprint density at radius 1 is 1.32 bits per heavy atom. The van der Waals surface area contributed by atoms with Gasteiger partial charge in [0.05, 0.1) is 12.0 Å². The summed E-state index contributed by atoms with van der Waals surface area (Å²) in [5, 5.41) is 6.49. The molecule has 1 saturated heterocycles. The lowest BCUT2D eigenvalue weighted by atomic mass is 10.0. The van der Waals surface area contributed by atoms with Crippen LogP contribution in [0.2, 0.25) is 5.02 Å². The average molecular weight is 395 g/mol. The van der Waals surface area contributed by atoms with Crippen molar-refractivity contribution < 1.29 is 0 Å². The van der Waals surface area contributed by atoms with Gasteiger partial charge in [0.25, 0.3) is 0 Å². The summed E-state index contributed by atoms with van der Waals surface area (Å²) in [7, 11) is 0. The standard InChI is InChI=1S/C18H19ClN4S.ClH/c19-15-3-1-2-14(8-15)18-10-20-4-6-22(18)11-17-9-16(12-24-17)23-7-5-21-13-23;/h1-3,5,7-9,12-13,18,20H,4,6,10-11H2;1H. The molecule has 4 nitrogen and oxygen atoms in total. The highest BCUT2D eigenvalue weighted by molar-refractivity contribution is 7.10. The van der Waals surface area contributed by atoms with Gasteiger partial charge in [-0.05, 0) is 23.8 Å². The third-order valence-electron chi connectivity index (χ3n) is 4.39. The van der Waals surface area contributed by atoms with E-state index in [-0.39, 0.29) is 12.4 Å². The van der Waals surface area contributed by atoms with Crippen LogP contribution in [0.15, 0.2) is 54.4 Å². The van der Waals surface area contributed by atoms with Gasteiger partial charge in [-0.2, -0.15) is 0 Å². The fraction of sp³-hybridized carbons (Fsp3) is 0.278. The van der Waals surface area contributed by atoms with E-state index in [0.717, 1.165) is 31.2 Å². The molecule has 1 atom stereocenters. The van der Waals surface area contributed by atoms with Crippen molar-refractivity contribution >= 4 is 35.3 Å². The van der Waals surface area contributed by atoms with Gasteiger partial charge in [-0.15, -0.1) is 23.7 Å². The van der Waals surface area contributed by atoms with Gasteiger partial charge in [0.15, 0.2) is 0 Å². The van der Waals surface area contributed by atoms with Crippen molar-refractivity contribution in [3.8, 4) is 5.69 Å². The number of thiophene rings is 1. The molecule has 3 heterocycles. The third kappa shape index (κ3) is 4.25. The SMILES string of the molecule is Cl.Clc1cccc(C2CNCCN2Cc2cc(-n3ccnc3)cs2)c1. The van der Waals surface area contributed by atoms with Gasteiger partial charge < -0.3 is 9.88 Å². The van der Waals surface area contributed by atoms with E-state index in [1.807, 2.05) is 35.4 Å². The molecule has 0 amide bonds. The first-order valence-electron chi connectivity index (χ1n) is 8.05. The molecular formula is C18H20Cl2N4S. The van der Waals surface area contributed by atoms with Gasteiger partial charge in [-0.25, -0.2) is 4.98 Å². The highest BCUT2D eigenvalue weighted by Crippen LogP contribution is 2.28. The fourth-order valence-corrected chi connectivity index (χ4v) is 4.27. The zero-order valence-corrected chi connectivity index (χ0v) is 16.0. The van der Waals surface area contributed by atoms with E-state index >= 15 is 0 Å². The molecule has 4 rings (SSSR count). The predicted molar refractivity (Wildman–Crippen MR) is 106 cm³/mol. The van der Waals surface area contributed by atoms with Crippen molar-refractivity contribution in [2.75, 3.05) is 19.6 Å². The molecule has 1 unspecified atom stereocenters. The summed E-state index contributed by atoms with van der Waals surface area (Å²) in [4.78, 5) is 8.02. The van der Waals surface area contributed by atoms with Crippen molar-refractivity contribution in [1.82, 2.24) is 19.8 Å². The number of nitrogens with one attached hydrogen (secondary N) is 1. The number of halogens is 2. The third-order valence-corrected chi connectivity index (χ3v) is 5.53. The average Bonchev–Trinajstić information content (AvgIpc) is 3.26. The van der Waals surface area contributed by atoms with Crippen molar-refractivity contribution in [3.05, 3.63) is 69.9 Å². The number of hydrogen-bond donors (Lipinski definition) is 1. The molecule has 1 N–H and O–H groups in total. The summed E-state index contributed by atoms with van der Waals surface area (Å²) in [6.45, 7) is 3.98. The summed E-state index contributed by atoms with van der Waals surface area (Å²) in [6.07, 6.45) is 5.62. The number of nitrogens with zero attached hydrogens (tertiary/aromatic N) is 3. The summed E-state index contributed by atoms with van der Waals surface area (Å²) in [5.74, 6) is 0. The van der Waals surface area contributed by atoms with Crippen LogP contribution in [0.5, 0.6) is 0 Å². The molecule has 1 aromatic carbocycles. The Labute approximate surface area is 162 Å². The number of imidazole rings is 1. The molecular weight excluding hydrogens is 375 g/mol. The molecule has 0 radical (unpaired) electrons. The predicted octanol–water partition coefficient (Wildman–Crippen LogP) is 4.16. The largest absolute Gasteiger partial charge is 0.314 e. The van der Waals surface area contributed by atoms with Crippen LogP contribution in [0.3, 0.4) is 0 Å². The first kappa shape index (κ1) is 18.4. The van der Waals surface area contributed by atoms with Crippen LogP contribution in [-0.2, 0) is 6.54 Å². The van der Waals surface area contributed by atoms with E-state index in [2.05, 4.69) is 38.8 Å². The molecule has 1 aliphatic heterocycles. The van der Waals surface area contributed by atoms with E-state index in [1.165, 1.54) is 16.1 Å². The maximum Gasteiger partial charge on any atom is 0.0991 e. The van der Waals surface area contributed by atoms with E-state index in [0.29, 0.717) is 6.04 Å². The van der Waals surface area contributed by atoms with E-state index in [9.17, 15) is 0 Å². The second-order valence-electron chi connectivity index (χ2n) is 5.99. The monoisotopic (exact) mass is 394 g/mol. The lowest BCUT2D eigenvalue weighted by Gasteiger charge is -2.36. The summed E-state index contributed by atoms with van der Waals surface area (Å²) in [5.41, 5.74) is 2.46. The van der Waals surface area contributed by atoms with Crippen LogP contribution < -0.4 is 5.32 Å². The van der Waals surface area contributed by atoms with Crippen molar-refractivity contribution in [3.63, 3.8) is 0 Å². The molecule has 25 heavy (non-hydrogen) atoms. The fourth-order valence-electron chi connectivity index (χ4n) is 3.18. The Bertz CT molecular complexity index is 803. The number of aromatic nitrogens is 2. The molecule has 0 bridgehead atoms. The lowest BCUT2D eigenvalue weighted by molar-refractivity contribution is 0.155. The minimum absolute atomic E-state index is 0. The van der Waals surface area contributed by atoms with Gasteiger partial charge in [-0.3, -0.25) is 4.90 Å². The minimum Gasteiger partial charge on any atom is -0.314 e. The normalized spacial score (nSPS) is 18.0. The second-order valence-corrected chi connectivity index (χ2v) is 7.42. The summed E-state index contributed by atoms with van der Waals surface area (Å²) < 4.78 is 2.05. The van der Waals surface area contributed by atoms with Crippen molar-refractivity contribution in [2.45, 2.75) is 12.6 Å². The van der Waals surface area contributed by atoms with Gasteiger partial charge in [-0.1, -0.05) is 23.7 Å². The van der Waals surface area contributed by atoms with Crippen molar-refractivity contribution in [1.29, 1.82) is 0 Å². The molecule has 1 fully saturated rings. The first-order chi connectivity index (χ1) is 11.8. The highest BCUT2D eigenvalue weighted by Gasteiger charge is 2.24. The Kier molecular flexibility index (Phi) is 6.15. The van der Waals surface area contributed by atoms with Crippen LogP contribution in [0.1, 0.15) is 16.5 Å². The zero-order chi connectivity index (χ0) is 16.4. The van der Waals surface area contributed by atoms with Crippen molar-refractivity contribution in [2.24, 2.45) is 0 Å². The van der Waals surface area contributed by atoms with Gasteiger partial charge >= 0.3 is 0 Å². The van der Waals surface area contributed by atoms with Gasteiger partial charge in [0.1, 0.15) is 0 Å². The Balaban J connectivity index is 0.00000182. The van der Waals surface area contributed by atoms with Gasteiger partial charge in [0, 0.05) is 59.9 Å². The summed E-state index contributed by atoms with van der Waals surface area (Å²) in [6, 6.07) is 10.8. The molecule has 7 heteroatoms. The highest BCUT2D eigenvalue weighted by atomic mass is 35.5. The molecule has 132 valence electrons. The number of benzene rings is 1. The Hall–Kier alpha value is -1.37. The first-order valence-corrected chi connectivity index (χ1v) is 9.31. The smallest absolute Gasteiger partial charge is 0.0991 e. The Morgan fingerprint density at radius 3 is 3.04 bits per heavy atom. The number of rotatable bonds is 4. The molecule has 3 aromatic rings. The van der Waals surface area contributed by atoms with Crippen LogP contribution in [-0.4, -0.2) is 34.1 Å². The minimum atomic E-state index is 0. The maximum absolute atomic E-state index is 6.19. The number of hydrogen-bond acceptors (Lipinski definition) is 4. The molecule has 0 saturated carbocycles. The second kappa shape index (κ2) is 8.34. The van der Waals surface area contributed by atoms with Crippen LogP contribution in [0.4, 0.5) is 0 Å². The van der Waals surface area contributed by atoms with E-state index in [4.69, 9.17) is 11.6 Å². The zero-order valence-electron chi connectivity index (χ0n) is 13.6. The molecule has 0 spiro atoms. The quantitative estimate of drug-likeness (QED) is 0.720. The summed E-state index contributed by atoms with van der Waals surface area (Å²) >= 11 is 7.99. The Morgan fingerprint density at radius 2 is 2.24 bits per heavy atom. The molecule has 1 aliphatic rings. The molecule has 2 aromatic heterocycles. The van der Waals surface area contributed by atoms with Crippen LogP contribution >= 0.6 is 35.3 Å². The van der Waals surface area contributed by atoms with E-state index in [1.54, 1.807) is 11.3 Å². The van der Waals surface area contributed by atoms with Gasteiger partial charge in [0.2, 0.25) is 0 Å². The van der Waals surface area contributed by atoms with Crippen LogP contribution in [0, 0.1) is 0 Å². The van der Waals surface area contributed by atoms with E-state index < -0.39 is 0 Å². The molecule has 0 aliphatic carbocycles. The van der Waals surface area contributed by atoms with Crippen LogP contribution in [0.25, 0.3) is 5.69 Å². The topological polar surface area (TPSA) is 33.1 Å². The number of piperazine rings is 1. The lowest BCUT2D eigenvalue weighted by Crippen LogP contribution is -2.45. The maximum atomic E-state index is 6.19.